The van der Waals surface area contributed by atoms with E-state index < -0.39 is 0 Å². The van der Waals surface area contributed by atoms with Crippen molar-refractivity contribution >= 4 is 23.6 Å². The second-order valence-corrected chi connectivity index (χ2v) is 1.47. The molecule has 0 aromatic carbocycles. The highest BCUT2D eigenvalue weighted by atomic mass is 35.5. The van der Waals surface area contributed by atoms with E-state index in [1.54, 1.807) is 6.54 Å². The largest absolute Gasteiger partial charge is 0.233 e. The third-order valence-electron chi connectivity index (χ3n) is 0.460. The van der Waals surface area contributed by atoms with Crippen LogP contribution in [0.25, 0.3) is 0 Å². The van der Waals surface area contributed by atoms with E-state index in [4.69, 9.17) is 23.6 Å². The highest BCUT2D eigenvalue weighted by Gasteiger charge is 1.80. The van der Waals surface area contributed by atoms with Gasteiger partial charge in [0.1, 0.15) is 0 Å². The van der Waals surface area contributed by atoms with Crippen LogP contribution in [0.3, 0.4) is 0 Å². The van der Waals surface area contributed by atoms with Crippen LogP contribution in [0, 0.1) is 6.54 Å². The Bertz CT molecular complexity index is 30.1. The third-order valence-corrected chi connectivity index (χ3v) is 0.804. The smallest absolute Gasteiger partial charge is 0.0400 e. The van der Waals surface area contributed by atoms with Gasteiger partial charge in [-0.3, -0.25) is 0 Å². The molecule has 0 fully saturated rings. The maximum atomic E-state index is 5.10. The van der Waals surface area contributed by atoms with E-state index in [9.17, 15) is 0 Å². The van der Waals surface area contributed by atoms with Crippen molar-refractivity contribution in [1.29, 1.82) is 0 Å². The molecular weight excluding hydrogens is 135 g/mol. The van der Waals surface area contributed by atoms with Crippen molar-refractivity contribution in [2.75, 3.05) is 6.54 Å². The molecule has 0 aliphatic carbocycles. The summed E-state index contributed by atoms with van der Waals surface area (Å²) in [6.07, 6.45) is 0.826. The predicted octanol–water partition coefficient (Wildman–Crippen LogP) is 1.03. The molecule has 0 heterocycles. The summed E-state index contributed by atoms with van der Waals surface area (Å²) in [6, 6.07) is 0. The molecule has 2 N–H and O–H groups in total. The van der Waals surface area contributed by atoms with Crippen LogP contribution in [-0.4, -0.2) is 6.54 Å². The van der Waals surface area contributed by atoms with Crippen LogP contribution >= 0.6 is 23.6 Å². The van der Waals surface area contributed by atoms with Gasteiger partial charge in [-0.15, -0.1) is 0 Å². The van der Waals surface area contributed by atoms with Crippen molar-refractivity contribution in [3.63, 3.8) is 0 Å². The minimum absolute atomic E-state index is 0.737. The molecule has 0 aliphatic heterocycles. The highest BCUT2D eigenvalue weighted by Crippen LogP contribution is 1.80. The molecule has 0 aliphatic rings. The van der Waals surface area contributed by atoms with Crippen molar-refractivity contribution < 1.29 is 0 Å². The normalized spacial score (nSPS) is 9.43. The minimum atomic E-state index is 0.737. The van der Waals surface area contributed by atoms with Gasteiger partial charge in [0.05, 0.1) is 0 Å². The van der Waals surface area contributed by atoms with Crippen molar-refractivity contribution in [2.45, 2.75) is 6.42 Å². The summed E-state index contributed by atoms with van der Waals surface area (Å²) >= 11 is 10.2. The second kappa shape index (κ2) is 6.50. The summed E-state index contributed by atoms with van der Waals surface area (Å²) in [7, 11) is 0. The van der Waals surface area contributed by atoms with Gasteiger partial charge in [-0.05, 0) is 30.0 Å². The molecule has 2 nitrogen and oxygen atoms in total. The zero-order valence-corrected chi connectivity index (χ0v) is 5.26. The van der Waals surface area contributed by atoms with Gasteiger partial charge < -0.3 is 0 Å². The predicted molar refractivity (Wildman–Crippen MR) is 31.8 cm³/mol. The van der Waals surface area contributed by atoms with Crippen LogP contribution < -0.4 is 9.67 Å². The van der Waals surface area contributed by atoms with E-state index in [2.05, 4.69) is 9.67 Å². The first-order chi connectivity index (χ1) is 3.41. The first-order valence-electron chi connectivity index (χ1n) is 1.93. The van der Waals surface area contributed by atoms with Crippen LogP contribution in [-0.2, 0) is 0 Å². The summed E-state index contributed by atoms with van der Waals surface area (Å²) in [6.45, 7) is 2.44. The zero-order chi connectivity index (χ0) is 5.54. The molecule has 0 aromatic heterocycles. The molecule has 1 radical (unpaired) electrons. The average Bonchev–Trinajstić information content (AvgIpc) is 1.69. The molecule has 0 saturated heterocycles. The van der Waals surface area contributed by atoms with Crippen molar-refractivity contribution in [3.05, 3.63) is 6.54 Å². The molecule has 43 valence electrons. The minimum Gasteiger partial charge on any atom is -0.233 e. The Morgan fingerprint density at radius 2 is 2.14 bits per heavy atom. The molecule has 0 spiro atoms. The number of hydrogen-bond donors (Lipinski definition) is 2. The van der Waals surface area contributed by atoms with Crippen LogP contribution in [0.4, 0.5) is 0 Å². The molecule has 0 unspecified atom stereocenters. The molecule has 0 aromatic rings. The zero-order valence-electron chi connectivity index (χ0n) is 3.75. The van der Waals surface area contributed by atoms with Crippen molar-refractivity contribution in [3.8, 4) is 0 Å². The van der Waals surface area contributed by atoms with E-state index in [0.29, 0.717) is 0 Å². The van der Waals surface area contributed by atoms with Crippen molar-refractivity contribution in [2.24, 2.45) is 0 Å². The topological polar surface area (TPSA) is 24.1 Å². The molecule has 0 amide bonds. The van der Waals surface area contributed by atoms with E-state index in [1.165, 1.54) is 0 Å². The maximum Gasteiger partial charge on any atom is 0.0400 e. The third kappa shape index (κ3) is 6.50. The Morgan fingerprint density at radius 1 is 1.43 bits per heavy atom. The monoisotopic (exact) mass is 141 g/mol. The van der Waals surface area contributed by atoms with E-state index in [-0.39, 0.29) is 0 Å². The fourth-order valence-electron chi connectivity index (χ4n) is 0.181. The number of halogens is 2. The summed E-state index contributed by atoms with van der Waals surface area (Å²) in [5.41, 5.74) is 0. The lowest BCUT2D eigenvalue weighted by molar-refractivity contribution is 0.851. The second-order valence-electron chi connectivity index (χ2n) is 0.986. The summed E-state index contributed by atoms with van der Waals surface area (Å²) in [4.78, 5) is 4.80. The van der Waals surface area contributed by atoms with Gasteiger partial charge in [-0.2, -0.15) is 0 Å². The van der Waals surface area contributed by atoms with Crippen molar-refractivity contribution in [1.82, 2.24) is 9.67 Å². The summed E-state index contributed by atoms with van der Waals surface area (Å²) < 4.78 is 0. The van der Waals surface area contributed by atoms with Gasteiger partial charge in [-0.1, -0.05) is 0 Å². The highest BCUT2D eigenvalue weighted by molar-refractivity contribution is 6.14. The Morgan fingerprint density at radius 3 is 2.57 bits per heavy atom. The van der Waals surface area contributed by atoms with Gasteiger partial charge >= 0.3 is 0 Å². The van der Waals surface area contributed by atoms with Gasteiger partial charge in [0.25, 0.3) is 0 Å². The Balaban J connectivity index is 2.45. The van der Waals surface area contributed by atoms with E-state index in [1.807, 2.05) is 0 Å². The van der Waals surface area contributed by atoms with Gasteiger partial charge in [0.15, 0.2) is 0 Å². The van der Waals surface area contributed by atoms with Gasteiger partial charge in [-0.25, -0.2) is 9.67 Å². The van der Waals surface area contributed by atoms with Gasteiger partial charge in [0, 0.05) is 13.1 Å². The van der Waals surface area contributed by atoms with Crippen LogP contribution in [0.5, 0.6) is 0 Å². The van der Waals surface area contributed by atoms with Crippen LogP contribution in [0.15, 0.2) is 0 Å². The molecule has 0 saturated carbocycles. The molecule has 0 atom stereocenters. The molecule has 0 rings (SSSR count). The van der Waals surface area contributed by atoms with Gasteiger partial charge in [0.2, 0.25) is 0 Å². The van der Waals surface area contributed by atoms with Crippen LogP contribution in [0.1, 0.15) is 6.42 Å². The lowest BCUT2D eigenvalue weighted by Gasteiger charge is -1.91. The average molecular weight is 142 g/mol. The fraction of sp³-hybridized carbons (Fsp3) is 0.667. The molecule has 0 bridgehead atoms. The summed E-state index contributed by atoms with van der Waals surface area (Å²) in [5.74, 6) is 0. The Labute approximate surface area is 53.4 Å². The van der Waals surface area contributed by atoms with Crippen LogP contribution in [0.2, 0.25) is 0 Å². The number of hydrogen-bond acceptors (Lipinski definition) is 2. The SMILES string of the molecule is ClN[CH]CCNCl. The molecule has 4 heteroatoms. The first-order valence-corrected chi connectivity index (χ1v) is 2.68. The van der Waals surface area contributed by atoms with E-state index in [0.717, 1.165) is 13.0 Å². The Hall–Kier alpha value is 0.500. The Kier molecular flexibility index (Phi) is 6.96. The summed E-state index contributed by atoms with van der Waals surface area (Å²) in [5, 5.41) is 0. The number of nitrogens with one attached hydrogen (secondary N) is 2. The first kappa shape index (κ1) is 7.50. The quantitative estimate of drug-likeness (QED) is 0.452. The fourth-order valence-corrected chi connectivity index (χ4v) is 0.399. The lowest BCUT2D eigenvalue weighted by atomic mass is 10.4. The molecular formula is C3H7Cl2N2. The van der Waals surface area contributed by atoms with E-state index >= 15 is 0 Å². The molecule has 7 heavy (non-hydrogen) atoms. The maximum absolute atomic E-state index is 5.10. The lowest BCUT2D eigenvalue weighted by Crippen LogP contribution is -2.04. The number of rotatable bonds is 4. The standard InChI is InChI=1S/C3H7Cl2N2/c4-6-2-1-3-7-5/h2,6-7H,1,3H2.